The number of piperidine rings is 1. The average Bonchev–Trinajstić information content (AvgIpc) is 3.04. The highest BCUT2D eigenvalue weighted by atomic mass is 35.5. The number of anilines is 1. The van der Waals surface area contributed by atoms with Gasteiger partial charge >= 0.3 is 6.03 Å². The number of carbonyl (C=O) groups is 2. The molecule has 0 unspecified atom stereocenters. The third-order valence-corrected chi connectivity index (χ3v) is 5.71. The first-order valence-electron chi connectivity index (χ1n) is 10.6. The van der Waals surface area contributed by atoms with Gasteiger partial charge in [0, 0.05) is 31.7 Å². The molecule has 2 aliphatic rings. The number of hydrogen-bond acceptors (Lipinski definition) is 4. The van der Waals surface area contributed by atoms with E-state index in [4.69, 9.17) is 21.1 Å². The van der Waals surface area contributed by atoms with Gasteiger partial charge in [-0.3, -0.25) is 4.79 Å². The zero-order chi connectivity index (χ0) is 21.6. The molecule has 8 heteroatoms. The number of urea groups is 1. The van der Waals surface area contributed by atoms with E-state index in [1.807, 2.05) is 36.4 Å². The van der Waals surface area contributed by atoms with E-state index in [1.165, 1.54) is 0 Å². The Labute approximate surface area is 186 Å². The second-order valence-corrected chi connectivity index (χ2v) is 8.16. The number of hydrogen-bond donors (Lipinski definition) is 2. The number of amides is 3. The molecule has 0 spiro atoms. The van der Waals surface area contributed by atoms with Crippen LogP contribution in [0.15, 0.2) is 42.5 Å². The number of benzene rings is 2. The van der Waals surface area contributed by atoms with Crippen molar-refractivity contribution in [3.8, 4) is 11.5 Å². The Kier molecular flexibility index (Phi) is 6.82. The molecule has 1 saturated heterocycles. The summed E-state index contributed by atoms with van der Waals surface area (Å²) in [6.07, 6.45) is 2.34. The van der Waals surface area contributed by atoms with Crippen LogP contribution in [0, 0.1) is 5.92 Å². The third kappa shape index (κ3) is 5.41. The van der Waals surface area contributed by atoms with Crippen LogP contribution >= 0.6 is 11.6 Å². The second kappa shape index (κ2) is 9.92. The highest BCUT2D eigenvalue weighted by Gasteiger charge is 2.28. The first kappa shape index (κ1) is 21.3. The van der Waals surface area contributed by atoms with E-state index < -0.39 is 0 Å². The van der Waals surface area contributed by atoms with Crippen molar-refractivity contribution in [1.29, 1.82) is 0 Å². The summed E-state index contributed by atoms with van der Waals surface area (Å²) in [4.78, 5) is 27.0. The van der Waals surface area contributed by atoms with Gasteiger partial charge in [0.05, 0.1) is 24.2 Å². The Morgan fingerprint density at radius 2 is 1.90 bits per heavy atom. The van der Waals surface area contributed by atoms with Gasteiger partial charge in [0.25, 0.3) is 0 Å². The molecular formula is C23H26ClN3O4. The van der Waals surface area contributed by atoms with Gasteiger partial charge in [0.2, 0.25) is 5.91 Å². The monoisotopic (exact) mass is 443 g/mol. The molecule has 2 heterocycles. The van der Waals surface area contributed by atoms with Gasteiger partial charge < -0.3 is 25.0 Å². The fraction of sp³-hybridized carbons (Fsp3) is 0.391. The number of fused-ring (bicyclic) bond motifs is 1. The largest absolute Gasteiger partial charge is 0.489 e. The van der Waals surface area contributed by atoms with Crippen LogP contribution < -0.4 is 20.1 Å². The van der Waals surface area contributed by atoms with Gasteiger partial charge in [0.15, 0.2) is 11.5 Å². The van der Waals surface area contributed by atoms with Crippen molar-refractivity contribution in [3.05, 3.63) is 53.1 Å². The predicted octanol–water partition coefficient (Wildman–Crippen LogP) is 4.06. The molecule has 0 bridgehead atoms. The van der Waals surface area contributed by atoms with Crippen LogP contribution in [0.3, 0.4) is 0 Å². The van der Waals surface area contributed by atoms with E-state index in [2.05, 4.69) is 10.6 Å². The zero-order valence-electron chi connectivity index (χ0n) is 17.2. The third-order valence-electron chi connectivity index (χ3n) is 5.43. The average molecular weight is 444 g/mol. The lowest BCUT2D eigenvalue weighted by Crippen LogP contribution is -2.46. The second-order valence-electron chi connectivity index (χ2n) is 7.75. The molecule has 0 radical (unpaired) electrons. The van der Waals surface area contributed by atoms with Crippen molar-refractivity contribution in [1.82, 2.24) is 10.2 Å². The molecule has 2 aromatic carbocycles. The van der Waals surface area contributed by atoms with E-state index in [9.17, 15) is 9.59 Å². The number of nitrogens with zero attached hydrogens (tertiary/aromatic N) is 1. The van der Waals surface area contributed by atoms with Gasteiger partial charge in [-0.15, -0.1) is 0 Å². The van der Waals surface area contributed by atoms with Gasteiger partial charge in [-0.05, 0) is 42.7 Å². The number of para-hydroxylation sites is 1. The van der Waals surface area contributed by atoms with Crippen LogP contribution in [-0.2, 0) is 11.3 Å². The minimum Gasteiger partial charge on any atom is -0.489 e. The summed E-state index contributed by atoms with van der Waals surface area (Å²) in [5.41, 5.74) is 1.59. The van der Waals surface area contributed by atoms with Crippen molar-refractivity contribution in [2.75, 3.05) is 31.6 Å². The van der Waals surface area contributed by atoms with Crippen LogP contribution in [0.2, 0.25) is 5.02 Å². The van der Waals surface area contributed by atoms with Gasteiger partial charge in [0.1, 0.15) is 0 Å². The molecule has 0 saturated carbocycles. The molecule has 0 aliphatic carbocycles. The number of carbonyl (C=O) groups excluding carboxylic acids is 2. The lowest BCUT2D eigenvalue weighted by molar-refractivity contribution is -0.126. The van der Waals surface area contributed by atoms with Crippen LogP contribution in [0.1, 0.15) is 24.8 Å². The number of likely N-dealkylation sites (tertiary alicyclic amines) is 1. The van der Waals surface area contributed by atoms with Crippen LogP contribution in [0.4, 0.5) is 10.5 Å². The van der Waals surface area contributed by atoms with Crippen molar-refractivity contribution >= 4 is 29.2 Å². The Morgan fingerprint density at radius 3 is 2.74 bits per heavy atom. The van der Waals surface area contributed by atoms with E-state index in [1.54, 1.807) is 11.0 Å². The smallest absolute Gasteiger partial charge is 0.321 e. The van der Waals surface area contributed by atoms with Crippen molar-refractivity contribution < 1.29 is 19.1 Å². The van der Waals surface area contributed by atoms with Crippen LogP contribution in [-0.4, -0.2) is 43.1 Å². The lowest BCUT2D eigenvalue weighted by atomic mass is 9.97. The summed E-state index contributed by atoms with van der Waals surface area (Å²) in [6.45, 7) is 2.51. The van der Waals surface area contributed by atoms with Crippen molar-refractivity contribution in [3.63, 3.8) is 0 Å². The maximum absolute atomic E-state index is 12.8. The van der Waals surface area contributed by atoms with E-state index in [0.29, 0.717) is 49.4 Å². The number of halogens is 1. The number of ether oxygens (including phenoxy) is 2. The van der Waals surface area contributed by atoms with E-state index in [-0.39, 0.29) is 17.9 Å². The highest BCUT2D eigenvalue weighted by molar-refractivity contribution is 6.32. The Morgan fingerprint density at radius 1 is 1.10 bits per heavy atom. The molecule has 2 aliphatic heterocycles. The van der Waals surface area contributed by atoms with Crippen LogP contribution in [0.5, 0.6) is 11.5 Å². The summed E-state index contributed by atoms with van der Waals surface area (Å²) in [6, 6.07) is 12.8. The quantitative estimate of drug-likeness (QED) is 0.746. The molecule has 31 heavy (non-hydrogen) atoms. The van der Waals surface area contributed by atoms with Crippen molar-refractivity contribution in [2.24, 2.45) is 5.92 Å². The summed E-state index contributed by atoms with van der Waals surface area (Å²) in [5.74, 6) is 0.851. The maximum Gasteiger partial charge on any atom is 0.321 e. The molecule has 2 aromatic rings. The molecular weight excluding hydrogens is 418 g/mol. The molecule has 1 fully saturated rings. The minimum atomic E-state index is -0.244. The lowest BCUT2D eigenvalue weighted by Gasteiger charge is -2.32. The molecule has 7 nitrogen and oxygen atoms in total. The standard InChI is InChI=1S/C23H26ClN3O4/c24-19-12-16(13-20-21(19)31-11-5-10-30-20)14-25-22(28)17-6-4-9-27(15-17)23(29)26-18-7-2-1-3-8-18/h1-3,7-8,12-13,17H,4-6,9-11,14-15H2,(H,25,28)(H,26,29)/t17-/m1/s1. The highest BCUT2D eigenvalue weighted by Crippen LogP contribution is 2.38. The minimum absolute atomic E-state index is 0.0690. The molecule has 1 atom stereocenters. The predicted molar refractivity (Wildman–Crippen MR) is 119 cm³/mol. The summed E-state index contributed by atoms with van der Waals surface area (Å²) >= 11 is 6.34. The van der Waals surface area contributed by atoms with Crippen molar-refractivity contribution in [2.45, 2.75) is 25.8 Å². The normalized spacial score (nSPS) is 18.1. The first-order chi connectivity index (χ1) is 15.1. The Balaban J connectivity index is 1.33. The molecule has 4 rings (SSSR count). The summed E-state index contributed by atoms with van der Waals surface area (Å²) < 4.78 is 11.4. The molecule has 2 N–H and O–H groups in total. The Bertz CT molecular complexity index is 938. The van der Waals surface area contributed by atoms with Gasteiger partial charge in [-0.2, -0.15) is 0 Å². The van der Waals surface area contributed by atoms with Crippen LogP contribution in [0.25, 0.3) is 0 Å². The zero-order valence-corrected chi connectivity index (χ0v) is 18.0. The fourth-order valence-corrected chi connectivity index (χ4v) is 4.11. The fourth-order valence-electron chi connectivity index (χ4n) is 3.82. The summed E-state index contributed by atoms with van der Waals surface area (Å²) in [5, 5.41) is 6.34. The van der Waals surface area contributed by atoms with E-state index >= 15 is 0 Å². The summed E-state index contributed by atoms with van der Waals surface area (Å²) in [7, 11) is 0. The topological polar surface area (TPSA) is 79.9 Å². The number of nitrogens with one attached hydrogen (secondary N) is 2. The molecule has 0 aromatic heterocycles. The molecule has 3 amide bonds. The Hall–Kier alpha value is -2.93. The van der Waals surface area contributed by atoms with Gasteiger partial charge in [-0.25, -0.2) is 4.79 Å². The number of rotatable bonds is 4. The molecule has 164 valence electrons. The SMILES string of the molecule is O=C(NCc1cc(Cl)c2c(c1)OCCCO2)[C@@H]1CCCN(C(=O)Nc2ccccc2)C1. The van der Waals surface area contributed by atoms with Gasteiger partial charge in [-0.1, -0.05) is 29.8 Å². The van der Waals surface area contributed by atoms with E-state index in [0.717, 1.165) is 30.5 Å². The first-order valence-corrected chi connectivity index (χ1v) is 10.9. The maximum atomic E-state index is 12.8.